The SMILES string of the molecule is CCCC(C=O)C(=O)Nc1cc(NC(=O)O)ccc1C. The normalized spacial score (nSPS) is 11.5. The van der Waals surface area contributed by atoms with Crippen LogP contribution in [0.3, 0.4) is 0 Å². The van der Waals surface area contributed by atoms with Crippen LogP contribution in [0.1, 0.15) is 25.3 Å². The summed E-state index contributed by atoms with van der Waals surface area (Å²) >= 11 is 0. The number of benzene rings is 1. The number of aldehydes is 1. The van der Waals surface area contributed by atoms with E-state index in [4.69, 9.17) is 5.11 Å². The number of aryl methyl sites for hydroxylation is 1. The predicted octanol–water partition coefficient (Wildman–Crippen LogP) is 2.64. The number of hydrogen-bond donors (Lipinski definition) is 3. The highest BCUT2D eigenvalue weighted by molar-refractivity contribution is 6.01. The second-order valence-electron chi connectivity index (χ2n) is 4.48. The highest BCUT2D eigenvalue weighted by Gasteiger charge is 2.17. The van der Waals surface area contributed by atoms with Crippen molar-refractivity contribution in [1.29, 1.82) is 0 Å². The Morgan fingerprint density at radius 3 is 2.60 bits per heavy atom. The van der Waals surface area contributed by atoms with E-state index in [0.29, 0.717) is 24.1 Å². The van der Waals surface area contributed by atoms with Gasteiger partial charge in [-0.3, -0.25) is 10.1 Å². The maximum Gasteiger partial charge on any atom is 0.409 e. The molecule has 1 unspecified atom stereocenters. The van der Waals surface area contributed by atoms with Crippen LogP contribution < -0.4 is 10.6 Å². The summed E-state index contributed by atoms with van der Waals surface area (Å²) in [5.41, 5.74) is 1.64. The summed E-state index contributed by atoms with van der Waals surface area (Å²) in [6.45, 7) is 3.68. The van der Waals surface area contributed by atoms with Gasteiger partial charge in [0.25, 0.3) is 0 Å². The molecule has 0 radical (unpaired) electrons. The lowest BCUT2D eigenvalue weighted by atomic mass is 10.0. The van der Waals surface area contributed by atoms with Gasteiger partial charge >= 0.3 is 6.09 Å². The fourth-order valence-corrected chi connectivity index (χ4v) is 1.76. The van der Waals surface area contributed by atoms with Gasteiger partial charge in [-0.05, 0) is 31.0 Å². The van der Waals surface area contributed by atoms with Gasteiger partial charge in [-0.1, -0.05) is 19.4 Å². The maximum atomic E-state index is 11.9. The monoisotopic (exact) mass is 278 g/mol. The second-order valence-corrected chi connectivity index (χ2v) is 4.48. The van der Waals surface area contributed by atoms with Crippen molar-refractivity contribution in [2.24, 2.45) is 5.92 Å². The molecule has 0 aromatic heterocycles. The topological polar surface area (TPSA) is 95.5 Å². The number of rotatable bonds is 6. The van der Waals surface area contributed by atoms with Gasteiger partial charge in [-0.25, -0.2) is 4.79 Å². The van der Waals surface area contributed by atoms with Gasteiger partial charge in [0.1, 0.15) is 6.29 Å². The number of amides is 2. The maximum absolute atomic E-state index is 11.9. The largest absolute Gasteiger partial charge is 0.465 e. The van der Waals surface area contributed by atoms with Crippen molar-refractivity contribution in [3.05, 3.63) is 23.8 Å². The number of carbonyl (C=O) groups excluding carboxylic acids is 2. The fourth-order valence-electron chi connectivity index (χ4n) is 1.76. The summed E-state index contributed by atoms with van der Waals surface area (Å²) in [5, 5.41) is 13.5. The molecule has 6 heteroatoms. The van der Waals surface area contributed by atoms with Crippen LogP contribution in [0.25, 0.3) is 0 Å². The van der Waals surface area contributed by atoms with E-state index in [-0.39, 0.29) is 5.91 Å². The van der Waals surface area contributed by atoms with Gasteiger partial charge in [-0.2, -0.15) is 0 Å². The average molecular weight is 278 g/mol. The van der Waals surface area contributed by atoms with E-state index in [2.05, 4.69) is 10.6 Å². The minimum atomic E-state index is -1.18. The highest BCUT2D eigenvalue weighted by Crippen LogP contribution is 2.21. The van der Waals surface area contributed by atoms with Gasteiger partial charge in [-0.15, -0.1) is 0 Å². The average Bonchev–Trinajstić information content (AvgIpc) is 2.39. The Kier molecular flexibility index (Phi) is 5.71. The van der Waals surface area contributed by atoms with E-state index < -0.39 is 12.0 Å². The summed E-state index contributed by atoms with van der Waals surface area (Å²) in [6.07, 6.45) is 0.675. The van der Waals surface area contributed by atoms with Crippen molar-refractivity contribution < 1.29 is 19.5 Å². The van der Waals surface area contributed by atoms with Crippen LogP contribution in [0.5, 0.6) is 0 Å². The Hall–Kier alpha value is -2.37. The van der Waals surface area contributed by atoms with Crippen LogP contribution in [0.4, 0.5) is 16.2 Å². The Bertz CT molecular complexity index is 514. The molecular formula is C14H18N2O4. The smallest absolute Gasteiger partial charge is 0.409 e. The standard InChI is InChI=1S/C14H18N2O4/c1-3-4-10(8-17)13(18)16-12-7-11(15-14(19)20)6-5-9(12)2/h5-8,10,15H,3-4H2,1-2H3,(H,16,18)(H,19,20). The molecule has 0 bridgehead atoms. The summed E-state index contributed by atoms with van der Waals surface area (Å²) in [5.74, 6) is -1.06. The summed E-state index contributed by atoms with van der Waals surface area (Å²) in [7, 11) is 0. The Morgan fingerprint density at radius 1 is 1.35 bits per heavy atom. The first-order valence-corrected chi connectivity index (χ1v) is 6.34. The van der Waals surface area contributed by atoms with Gasteiger partial charge < -0.3 is 15.2 Å². The Balaban J connectivity index is 2.87. The van der Waals surface area contributed by atoms with Crippen LogP contribution >= 0.6 is 0 Å². The second kappa shape index (κ2) is 7.28. The first-order chi connectivity index (χ1) is 9.47. The van der Waals surface area contributed by atoms with Gasteiger partial charge in [0, 0.05) is 11.4 Å². The highest BCUT2D eigenvalue weighted by atomic mass is 16.4. The molecule has 6 nitrogen and oxygen atoms in total. The Labute approximate surface area is 117 Å². The van der Waals surface area contributed by atoms with Gasteiger partial charge in [0.05, 0.1) is 5.92 Å². The van der Waals surface area contributed by atoms with Crippen LogP contribution in [0, 0.1) is 12.8 Å². The molecule has 20 heavy (non-hydrogen) atoms. The molecule has 0 fully saturated rings. The molecule has 1 atom stereocenters. The first-order valence-electron chi connectivity index (χ1n) is 6.34. The summed E-state index contributed by atoms with van der Waals surface area (Å²) < 4.78 is 0. The van der Waals surface area contributed by atoms with Crippen LogP contribution in [-0.4, -0.2) is 23.4 Å². The van der Waals surface area contributed by atoms with Crippen molar-refractivity contribution in [1.82, 2.24) is 0 Å². The molecular weight excluding hydrogens is 260 g/mol. The third-order valence-corrected chi connectivity index (χ3v) is 2.85. The van der Waals surface area contributed by atoms with Crippen LogP contribution in [-0.2, 0) is 9.59 Å². The zero-order valence-electron chi connectivity index (χ0n) is 11.5. The lowest BCUT2D eigenvalue weighted by Gasteiger charge is -2.13. The minimum Gasteiger partial charge on any atom is -0.465 e. The van der Waals surface area contributed by atoms with Crippen molar-refractivity contribution >= 4 is 29.7 Å². The van der Waals surface area contributed by atoms with Crippen LogP contribution in [0.2, 0.25) is 0 Å². The van der Waals surface area contributed by atoms with Crippen molar-refractivity contribution in [3.63, 3.8) is 0 Å². The number of nitrogens with one attached hydrogen (secondary N) is 2. The lowest BCUT2D eigenvalue weighted by molar-refractivity contribution is -0.125. The van der Waals surface area contributed by atoms with E-state index in [9.17, 15) is 14.4 Å². The predicted molar refractivity (Wildman–Crippen MR) is 75.9 cm³/mol. The van der Waals surface area contributed by atoms with E-state index in [0.717, 1.165) is 12.0 Å². The van der Waals surface area contributed by atoms with Crippen molar-refractivity contribution in [3.8, 4) is 0 Å². The molecule has 1 aromatic rings. The molecule has 108 valence electrons. The molecule has 0 aliphatic heterocycles. The Morgan fingerprint density at radius 2 is 2.05 bits per heavy atom. The molecule has 0 saturated heterocycles. The molecule has 3 N–H and O–H groups in total. The number of carbonyl (C=O) groups is 3. The fraction of sp³-hybridized carbons (Fsp3) is 0.357. The third kappa shape index (κ3) is 4.38. The lowest BCUT2D eigenvalue weighted by Crippen LogP contribution is -2.24. The summed E-state index contributed by atoms with van der Waals surface area (Å²) in [6, 6.07) is 4.81. The third-order valence-electron chi connectivity index (χ3n) is 2.85. The number of hydrogen-bond acceptors (Lipinski definition) is 3. The van der Waals surface area contributed by atoms with Gasteiger partial charge in [0.2, 0.25) is 5.91 Å². The van der Waals surface area contributed by atoms with E-state index >= 15 is 0 Å². The number of carboxylic acid groups (broad SMARTS) is 1. The minimum absolute atomic E-state index is 0.358. The summed E-state index contributed by atoms with van der Waals surface area (Å²) in [4.78, 5) is 33.4. The van der Waals surface area contributed by atoms with E-state index in [1.165, 1.54) is 6.07 Å². The van der Waals surface area contributed by atoms with Crippen LogP contribution in [0.15, 0.2) is 18.2 Å². The van der Waals surface area contributed by atoms with Crippen molar-refractivity contribution in [2.45, 2.75) is 26.7 Å². The number of anilines is 2. The molecule has 1 rings (SSSR count). The first kappa shape index (κ1) is 15.7. The van der Waals surface area contributed by atoms with Crippen molar-refractivity contribution in [2.75, 3.05) is 10.6 Å². The zero-order valence-corrected chi connectivity index (χ0v) is 11.5. The quantitative estimate of drug-likeness (QED) is 0.550. The molecule has 0 spiro atoms. The van der Waals surface area contributed by atoms with E-state index in [1.54, 1.807) is 19.1 Å². The molecule has 0 heterocycles. The molecule has 0 aliphatic carbocycles. The van der Waals surface area contributed by atoms with Gasteiger partial charge in [0.15, 0.2) is 0 Å². The molecule has 0 saturated carbocycles. The molecule has 0 aliphatic rings. The van der Waals surface area contributed by atoms with E-state index in [1.807, 2.05) is 6.92 Å². The molecule has 2 amide bonds. The zero-order chi connectivity index (χ0) is 15.1. The molecule has 1 aromatic carbocycles.